The standard InChI is InChI=1S/C14H13BrF3N3/c1-2-19-13-8-10(5-6-20-13)21-9-3-4-12(15)11(7-9)14(16,17)18/h3-8H,2H2,1H3,(H2,19,20,21). The first-order valence-corrected chi connectivity index (χ1v) is 7.03. The second kappa shape index (κ2) is 6.34. The number of halogens is 4. The van der Waals surface area contributed by atoms with Gasteiger partial charge in [0.15, 0.2) is 0 Å². The molecule has 1 aromatic carbocycles. The third kappa shape index (κ3) is 4.10. The molecule has 0 aliphatic carbocycles. The van der Waals surface area contributed by atoms with Gasteiger partial charge < -0.3 is 10.6 Å². The first-order chi connectivity index (χ1) is 9.90. The summed E-state index contributed by atoms with van der Waals surface area (Å²) in [5.41, 5.74) is 0.309. The van der Waals surface area contributed by atoms with Crippen molar-refractivity contribution in [1.29, 1.82) is 0 Å². The lowest BCUT2D eigenvalue weighted by molar-refractivity contribution is -0.138. The summed E-state index contributed by atoms with van der Waals surface area (Å²) < 4.78 is 38.6. The predicted molar refractivity (Wildman–Crippen MR) is 80.8 cm³/mol. The second-order valence-electron chi connectivity index (χ2n) is 4.28. The maximum absolute atomic E-state index is 12.9. The number of benzene rings is 1. The SMILES string of the molecule is CCNc1cc(Nc2ccc(Br)c(C(F)(F)F)c2)ccn1. The van der Waals surface area contributed by atoms with E-state index in [4.69, 9.17) is 0 Å². The first kappa shape index (κ1) is 15.6. The van der Waals surface area contributed by atoms with Crippen LogP contribution in [0.5, 0.6) is 0 Å². The maximum atomic E-state index is 12.9. The summed E-state index contributed by atoms with van der Waals surface area (Å²) in [6, 6.07) is 7.44. The van der Waals surface area contributed by atoms with Crippen LogP contribution >= 0.6 is 15.9 Å². The number of alkyl halides is 3. The molecule has 112 valence electrons. The monoisotopic (exact) mass is 359 g/mol. The molecule has 0 spiro atoms. The molecule has 21 heavy (non-hydrogen) atoms. The van der Waals surface area contributed by atoms with Gasteiger partial charge in [-0.25, -0.2) is 4.98 Å². The molecular formula is C14H13BrF3N3. The van der Waals surface area contributed by atoms with Crippen LogP contribution in [0.2, 0.25) is 0 Å². The summed E-state index contributed by atoms with van der Waals surface area (Å²) in [5, 5.41) is 5.98. The van der Waals surface area contributed by atoms with E-state index < -0.39 is 11.7 Å². The van der Waals surface area contributed by atoms with Crippen molar-refractivity contribution in [3.8, 4) is 0 Å². The molecule has 2 aromatic rings. The topological polar surface area (TPSA) is 37.0 Å². The normalized spacial score (nSPS) is 11.3. The van der Waals surface area contributed by atoms with Crippen molar-refractivity contribution in [2.24, 2.45) is 0 Å². The molecule has 0 radical (unpaired) electrons. The molecule has 0 aliphatic rings. The number of rotatable bonds is 4. The number of nitrogens with one attached hydrogen (secondary N) is 2. The first-order valence-electron chi connectivity index (χ1n) is 6.24. The number of aromatic nitrogens is 1. The Morgan fingerprint density at radius 2 is 1.86 bits per heavy atom. The van der Waals surface area contributed by atoms with Gasteiger partial charge in [-0.1, -0.05) is 15.9 Å². The van der Waals surface area contributed by atoms with Gasteiger partial charge in [0.2, 0.25) is 0 Å². The van der Waals surface area contributed by atoms with Crippen LogP contribution in [0.25, 0.3) is 0 Å². The Labute approximate surface area is 128 Å². The molecule has 0 atom stereocenters. The van der Waals surface area contributed by atoms with Gasteiger partial charge in [-0.2, -0.15) is 13.2 Å². The van der Waals surface area contributed by atoms with Gasteiger partial charge in [0.05, 0.1) is 5.56 Å². The Morgan fingerprint density at radius 1 is 1.14 bits per heavy atom. The highest BCUT2D eigenvalue weighted by Crippen LogP contribution is 2.36. The fraction of sp³-hybridized carbons (Fsp3) is 0.214. The zero-order chi connectivity index (χ0) is 15.5. The van der Waals surface area contributed by atoms with Gasteiger partial charge in [-0.3, -0.25) is 0 Å². The van der Waals surface area contributed by atoms with Crippen LogP contribution in [0, 0.1) is 0 Å². The van der Waals surface area contributed by atoms with E-state index in [0.29, 0.717) is 23.7 Å². The third-order valence-corrected chi connectivity index (χ3v) is 3.37. The summed E-state index contributed by atoms with van der Waals surface area (Å²) in [6.45, 7) is 2.65. The number of hydrogen-bond donors (Lipinski definition) is 2. The van der Waals surface area contributed by atoms with Crippen LogP contribution < -0.4 is 10.6 Å². The molecule has 3 nitrogen and oxygen atoms in total. The molecule has 0 saturated carbocycles. The highest BCUT2D eigenvalue weighted by atomic mass is 79.9. The van der Waals surface area contributed by atoms with Gasteiger partial charge in [-0.15, -0.1) is 0 Å². The summed E-state index contributed by atoms with van der Waals surface area (Å²) in [5.74, 6) is 0.663. The van der Waals surface area contributed by atoms with Crippen molar-refractivity contribution in [2.75, 3.05) is 17.2 Å². The van der Waals surface area contributed by atoms with Crippen molar-refractivity contribution in [3.05, 3.63) is 46.6 Å². The average molecular weight is 360 g/mol. The van der Waals surface area contributed by atoms with Gasteiger partial charge in [-0.05, 0) is 31.2 Å². The fourth-order valence-corrected chi connectivity index (χ4v) is 2.24. The predicted octanol–water partition coefficient (Wildman–Crippen LogP) is 5.04. The van der Waals surface area contributed by atoms with Gasteiger partial charge >= 0.3 is 6.18 Å². The lowest BCUT2D eigenvalue weighted by Gasteiger charge is -2.13. The minimum Gasteiger partial charge on any atom is -0.370 e. The lowest BCUT2D eigenvalue weighted by atomic mass is 10.2. The molecule has 2 N–H and O–H groups in total. The van der Waals surface area contributed by atoms with E-state index in [1.54, 1.807) is 24.4 Å². The van der Waals surface area contributed by atoms with E-state index in [1.165, 1.54) is 6.07 Å². The third-order valence-electron chi connectivity index (χ3n) is 2.68. The highest BCUT2D eigenvalue weighted by molar-refractivity contribution is 9.10. The maximum Gasteiger partial charge on any atom is 0.417 e. The average Bonchev–Trinajstić information content (AvgIpc) is 2.40. The highest BCUT2D eigenvalue weighted by Gasteiger charge is 2.33. The van der Waals surface area contributed by atoms with E-state index in [-0.39, 0.29) is 4.47 Å². The molecule has 1 aromatic heterocycles. The number of nitrogens with zero attached hydrogens (tertiary/aromatic N) is 1. The van der Waals surface area contributed by atoms with Crippen molar-refractivity contribution >= 4 is 33.1 Å². The summed E-state index contributed by atoms with van der Waals surface area (Å²) >= 11 is 2.92. The lowest BCUT2D eigenvalue weighted by Crippen LogP contribution is -2.06. The largest absolute Gasteiger partial charge is 0.417 e. The molecule has 7 heteroatoms. The zero-order valence-electron chi connectivity index (χ0n) is 11.1. The number of hydrogen-bond acceptors (Lipinski definition) is 3. The molecule has 0 saturated heterocycles. The van der Waals surface area contributed by atoms with Crippen LogP contribution in [-0.4, -0.2) is 11.5 Å². The minimum atomic E-state index is -4.40. The van der Waals surface area contributed by atoms with E-state index in [2.05, 4.69) is 31.5 Å². The molecule has 0 aliphatic heterocycles. The Kier molecular flexibility index (Phi) is 4.72. The van der Waals surface area contributed by atoms with E-state index in [1.807, 2.05) is 6.92 Å². The van der Waals surface area contributed by atoms with Gasteiger partial charge in [0, 0.05) is 34.7 Å². The molecular weight excluding hydrogens is 347 g/mol. The summed E-state index contributed by atoms with van der Waals surface area (Å²) in [4.78, 5) is 4.10. The van der Waals surface area contributed by atoms with Crippen LogP contribution in [0.4, 0.5) is 30.4 Å². The molecule has 0 amide bonds. The Hall–Kier alpha value is -1.76. The van der Waals surface area contributed by atoms with Gasteiger partial charge in [0.25, 0.3) is 0 Å². The van der Waals surface area contributed by atoms with Gasteiger partial charge in [0.1, 0.15) is 5.82 Å². The number of pyridine rings is 1. The van der Waals surface area contributed by atoms with Crippen molar-refractivity contribution in [1.82, 2.24) is 4.98 Å². The summed E-state index contributed by atoms with van der Waals surface area (Å²) in [6.07, 6.45) is -2.81. The fourth-order valence-electron chi connectivity index (χ4n) is 1.77. The van der Waals surface area contributed by atoms with E-state index in [0.717, 1.165) is 6.07 Å². The Bertz CT molecular complexity index is 629. The Morgan fingerprint density at radius 3 is 2.52 bits per heavy atom. The number of anilines is 3. The van der Waals surface area contributed by atoms with E-state index in [9.17, 15) is 13.2 Å². The van der Waals surface area contributed by atoms with Crippen molar-refractivity contribution in [2.45, 2.75) is 13.1 Å². The van der Waals surface area contributed by atoms with Crippen molar-refractivity contribution < 1.29 is 13.2 Å². The van der Waals surface area contributed by atoms with Crippen LogP contribution in [-0.2, 0) is 6.18 Å². The van der Waals surface area contributed by atoms with Crippen LogP contribution in [0.3, 0.4) is 0 Å². The van der Waals surface area contributed by atoms with E-state index >= 15 is 0 Å². The quantitative estimate of drug-likeness (QED) is 0.802. The minimum absolute atomic E-state index is 0.0172. The second-order valence-corrected chi connectivity index (χ2v) is 5.13. The molecule has 0 unspecified atom stereocenters. The zero-order valence-corrected chi connectivity index (χ0v) is 12.7. The summed E-state index contributed by atoms with van der Waals surface area (Å²) in [7, 11) is 0. The van der Waals surface area contributed by atoms with Crippen molar-refractivity contribution in [3.63, 3.8) is 0 Å². The Balaban J connectivity index is 2.26. The smallest absolute Gasteiger partial charge is 0.370 e. The van der Waals surface area contributed by atoms with Crippen LogP contribution in [0.1, 0.15) is 12.5 Å². The molecule has 1 heterocycles. The molecule has 0 fully saturated rings. The molecule has 0 bridgehead atoms. The molecule has 2 rings (SSSR count). The van der Waals surface area contributed by atoms with Crippen LogP contribution in [0.15, 0.2) is 41.0 Å².